The van der Waals surface area contributed by atoms with Crippen molar-refractivity contribution >= 4 is 5.91 Å². The van der Waals surface area contributed by atoms with Crippen molar-refractivity contribution in [1.82, 2.24) is 15.1 Å². The molecule has 27 heavy (non-hydrogen) atoms. The fraction of sp³-hybridized carbons (Fsp3) is 0.783. The lowest BCUT2D eigenvalue weighted by Crippen LogP contribution is -2.28. The number of nitrogens with zero attached hydrogens (tertiary/aromatic N) is 2. The monoisotopic (exact) mass is 379 g/mol. The van der Waals surface area contributed by atoms with E-state index >= 15 is 0 Å². The summed E-state index contributed by atoms with van der Waals surface area (Å²) < 4.78 is 0. The summed E-state index contributed by atoms with van der Waals surface area (Å²) in [7, 11) is 6.40. The molecule has 0 aromatic carbocycles. The largest absolute Gasteiger partial charge is 0.352 e. The van der Waals surface area contributed by atoms with Crippen LogP contribution < -0.4 is 5.32 Å². The van der Waals surface area contributed by atoms with Gasteiger partial charge in [-0.15, -0.1) is 0 Å². The van der Waals surface area contributed by atoms with Crippen molar-refractivity contribution < 1.29 is 4.79 Å². The lowest BCUT2D eigenvalue weighted by Gasteiger charge is -2.17. The quantitative estimate of drug-likeness (QED) is 0.227. The minimum Gasteiger partial charge on any atom is -0.352 e. The van der Waals surface area contributed by atoms with Crippen molar-refractivity contribution in [3.8, 4) is 0 Å². The Morgan fingerprint density at radius 1 is 0.889 bits per heavy atom. The fourth-order valence-electron chi connectivity index (χ4n) is 2.92. The fourth-order valence-corrected chi connectivity index (χ4v) is 2.92. The molecule has 0 aromatic heterocycles. The van der Waals surface area contributed by atoms with Crippen LogP contribution in [0.2, 0.25) is 0 Å². The van der Waals surface area contributed by atoms with Gasteiger partial charge in [-0.25, -0.2) is 0 Å². The highest BCUT2D eigenvalue weighted by atomic mass is 16.1. The SMILES string of the molecule is CCCCCCC/C=C/C(C)=C/C(=O)NCCCN(C)CCCCN(C)C. The van der Waals surface area contributed by atoms with E-state index in [1.807, 2.05) is 6.92 Å². The van der Waals surface area contributed by atoms with Gasteiger partial charge in [0, 0.05) is 12.6 Å². The van der Waals surface area contributed by atoms with Crippen LogP contribution >= 0.6 is 0 Å². The van der Waals surface area contributed by atoms with Crippen LogP contribution in [0, 0.1) is 0 Å². The first-order valence-electron chi connectivity index (χ1n) is 10.9. The van der Waals surface area contributed by atoms with Crippen molar-refractivity contribution in [3.63, 3.8) is 0 Å². The lowest BCUT2D eigenvalue weighted by molar-refractivity contribution is -0.116. The number of hydrogen-bond donors (Lipinski definition) is 1. The maximum absolute atomic E-state index is 11.9. The van der Waals surface area contributed by atoms with E-state index in [1.165, 1.54) is 44.9 Å². The summed E-state index contributed by atoms with van der Waals surface area (Å²) in [6.45, 7) is 8.29. The van der Waals surface area contributed by atoms with Gasteiger partial charge in [0.25, 0.3) is 0 Å². The van der Waals surface area contributed by atoms with Gasteiger partial charge in [-0.2, -0.15) is 0 Å². The Hall–Kier alpha value is -1.13. The second-order valence-electron chi connectivity index (χ2n) is 7.95. The second-order valence-corrected chi connectivity index (χ2v) is 7.95. The molecule has 0 fully saturated rings. The second kappa shape index (κ2) is 18.2. The van der Waals surface area contributed by atoms with E-state index in [9.17, 15) is 4.79 Å². The molecule has 4 heteroatoms. The highest BCUT2D eigenvalue weighted by Gasteiger charge is 2.00. The van der Waals surface area contributed by atoms with E-state index in [1.54, 1.807) is 6.08 Å². The summed E-state index contributed by atoms with van der Waals surface area (Å²) in [6, 6.07) is 0. The summed E-state index contributed by atoms with van der Waals surface area (Å²) in [5, 5.41) is 2.99. The Morgan fingerprint density at radius 2 is 1.56 bits per heavy atom. The third kappa shape index (κ3) is 19.4. The van der Waals surface area contributed by atoms with Gasteiger partial charge in [-0.05, 0) is 85.4 Å². The van der Waals surface area contributed by atoms with Gasteiger partial charge in [0.05, 0.1) is 0 Å². The Labute approximate surface area is 169 Å². The predicted octanol–water partition coefficient (Wildman–Crippen LogP) is 4.63. The minimum absolute atomic E-state index is 0.0220. The molecule has 0 spiro atoms. The summed E-state index contributed by atoms with van der Waals surface area (Å²) in [6.07, 6.45) is 17.1. The predicted molar refractivity (Wildman–Crippen MR) is 119 cm³/mol. The molecule has 0 heterocycles. The van der Waals surface area contributed by atoms with Crippen molar-refractivity contribution in [2.75, 3.05) is 47.3 Å². The Balaban J connectivity index is 3.71. The van der Waals surface area contributed by atoms with E-state index in [4.69, 9.17) is 0 Å². The van der Waals surface area contributed by atoms with Gasteiger partial charge in [0.2, 0.25) is 5.91 Å². The van der Waals surface area contributed by atoms with Gasteiger partial charge >= 0.3 is 0 Å². The average Bonchev–Trinajstić information content (AvgIpc) is 2.61. The molecular formula is C23H45N3O. The van der Waals surface area contributed by atoms with E-state index in [0.29, 0.717) is 0 Å². The highest BCUT2D eigenvalue weighted by molar-refractivity contribution is 5.88. The number of nitrogens with one attached hydrogen (secondary N) is 1. The van der Waals surface area contributed by atoms with Crippen LogP contribution in [0.4, 0.5) is 0 Å². The first kappa shape index (κ1) is 25.9. The molecule has 0 bridgehead atoms. The van der Waals surface area contributed by atoms with Crippen LogP contribution in [-0.4, -0.2) is 63.0 Å². The first-order valence-corrected chi connectivity index (χ1v) is 10.9. The molecule has 1 amide bonds. The zero-order chi connectivity index (χ0) is 20.3. The number of hydrogen-bond acceptors (Lipinski definition) is 3. The standard InChI is InChI=1S/C23H45N3O/c1-6-7-8-9-10-11-12-16-22(2)21-23(27)24-17-15-20-26(5)19-14-13-18-25(3)4/h12,16,21H,6-11,13-15,17-20H2,1-5H3,(H,24,27)/b16-12+,22-21+. The number of allylic oxidation sites excluding steroid dienone is 3. The molecule has 0 radical (unpaired) electrons. The number of unbranched alkanes of at least 4 members (excludes halogenated alkanes) is 6. The third-order valence-corrected chi connectivity index (χ3v) is 4.62. The molecule has 0 unspecified atom stereocenters. The molecule has 0 aliphatic heterocycles. The van der Waals surface area contributed by atoms with Crippen molar-refractivity contribution in [3.05, 3.63) is 23.8 Å². The molecular weight excluding hydrogens is 334 g/mol. The number of carbonyl (C=O) groups is 1. The third-order valence-electron chi connectivity index (χ3n) is 4.62. The molecule has 0 aromatic rings. The van der Waals surface area contributed by atoms with Crippen LogP contribution in [0.15, 0.2) is 23.8 Å². The van der Waals surface area contributed by atoms with E-state index in [2.05, 4.69) is 55.3 Å². The molecule has 158 valence electrons. The van der Waals surface area contributed by atoms with Crippen LogP contribution in [-0.2, 0) is 4.79 Å². The van der Waals surface area contributed by atoms with E-state index in [-0.39, 0.29) is 5.91 Å². The topological polar surface area (TPSA) is 35.6 Å². The molecule has 0 atom stereocenters. The average molecular weight is 380 g/mol. The number of carbonyl (C=O) groups excluding carboxylic acids is 1. The maximum atomic E-state index is 11.9. The lowest BCUT2D eigenvalue weighted by atomic mass is 10.1. The van der Waals surface area contributed by atoms with Gasteiger partial charge in [0.1, 0.15) is 0 Å². The molecule has 0 rings (SSSR count). The van der Waals surface area contributed by atoms with Crippen LogP contribution in [0.25, 0.3) is 0 Å². The maximum Gasteiger partial charge on any atom is 0.244 e. The van der Waals surface area contributed by atoms with E-state index in [0.717, 1.165) is 44.6 Å². The summed E-state index contributed by atoms with van der Waals surface area (Å²) in [5.74, 6) is 0.0220. The Kier molecular flexibility index (Phi) is 17.5. The molecule has 0 saturated heterocycles. The van der Waals surface area contributed by atoms with Crippen LogP contribution in [0.5, 0.6) is 0 Å². The normalized spacial score (nSPS) is 12.5. The summed E-state index contributed by atoms with van der Waals surface area (Å²) in [4.78, 5) is 16.5. The van der Waals surface area contributed by atoms with Crippen LogP contribution in [0.1, 0.15) is 71.6 Å². The van der Waals surface area contributed by atoms with Crippen molar-refractivity contribution in [1.29, 1.82) is 0 Å². The molecule has 0 aliphatic carbocycles. The van der Waals surface area contributed by atoms with E-state index < -0.39 is 0 Å². The Morgan fingerprint density at radius 3 is 2.26 bits per heavy atom. The molecule has 0 aliphatic rings. The highest BCUT2D eigenvalue weighted by Crippen LogP contribution is 2.06. The molecule has 1 N–H and O–H groups in total. The smallest absolute Gasteiger partial charge is 0.244 e. The van der Waals surface area contributed by atoms with Gasteiger partial charge < -0.3 is 15.1 Å². The number of rotatable bonds is 17. The first-order chi connectivity index (χ1) is 13.0. The molecule has 0 saturated carbocycles. The molecule has 4 nitrogen and oxygen atoms in total. The zero-order valence-electron chi connectivity index (χ0n) is 18.7. The van der Waals surface area contributed by atoms with Gasteiger partial charge in [0.15, 0.2) is 0 Å². The van der Waals surface area contributed by atoms with Crippen molar-refractivity contribution in [2.45, 2.75) is 71.6 Å². The van der Waals surface area contributed by atoms with Gasteiger partial charge in [-0.1, -0.05) is 44.8 Å². The van der Waals surface area contributed by atoms with Gasteiger partial charge in [-0.3, -0.25) is 4.79 Å². The summed E-state index contributed by atoms with van der Waals surface area (Å²) >= 11 is 0. The number of amides is 1. The van der Waals surface area contributed by atoms with Crippen molar-refractivity contribution in [2.24, 2.45) is 0 Å². The summed E-state index contributed by atoms with van der Waals surface area (Å²) in [5.41, 5.74) is 1.03. The minimum atomic E-state index is 0.0220. The van der Waals surface area contributed by atoms with Crippen LogP contribution in [0.3, 0.4) is 0 Å². The zero-order valence-corrected chi connectivity index (χ0v) is 18.7. The Bertz CT molecular complexity index is 416.